The Morgan fingerprint density at radius 2 is 1.94 bits per heavy atom. The van der Waals surface area contributed by atoms with Crippen molar-refractivity contribution in [1.29, 1.82) is 0 Å². The van der Waals surface area contributed by atoms with Crippen molar-refractivity contribution in [3.8, 4) is 0 Å². The van der Waals surface area contributed by atoms with E-state index in [-0.39, 0.29) is 24.3 Å². The Hall–Kier alpha value is -1.79. The smallest absolute Gasteiger partial charge is 0.273 e. The summed E-state index contributed by atoms with van der Waals surface area (Å²) < 4.78 is 9.82. The summed E-state index contributed by atoms with van der Waals surface area (Å²) in [4.78, 5) is 22.0. The number of hydrogen-bond donors (Lipinski definition) is 0. The maximum atomic E-state index is 11.7. The lowest BCUT2D eigenvalue weighted by Crippen LogP contribution is -2.19. The van der Waals surface area contributed by atoms with E-state index >= 15 is 0 Å². The van der Waals surface area contributed by atoms with Crippen LogP contribution < -0.4 is 0 Å². The number of nitro benzene ring substituents is 1. The van der Waals surface area contributed by atoms with E-state index in [1.807, 2.05) is 0 Å². The van der Waals surface area contributed by atoms with Crippen molar-refractivity contribution in [2.24, 2.45) is 0 Å². The number of Topliss-reactive ketones (excluding diaryl/α,β-unsaturated/α-hetero) is 1. The molecule has 6 heteroatoms. The Balaban J connectivity index is 2.73. The zero-order valence-corrected chi connectivity index (χ0v) is 10.3. The molecule has 18 heavy (non-hydrogen) atoms. The largest absolute Gasteiger partial charge is 0.355 e. The molecule has 0 radical (unpaired) electrons. The molecule has 0 amide bonds. The van der Waals surface area contributed by atoms with E-state index in [4.69, 9.17) is 9.47 Å². The lowest BCUT2D eigenvalue weighted by atomic mass is 10.1. The molecule has 98 valence electrons. The second-order valence-corrected chi connectivity index (χ2v) is 3.71. The second kappa shape index (κ2) is 6.83. The van der Waals surface area contributed by atoms with Crippen molar-refractivity contribution in [2.75, 3.05) is 14.2 Å². The average molecular weight is 253 g/mol. The fourth-order valence-corrected chi connectivity index (χ4v) is 1.57. The monoisotopic (exact) mass is 253 g/mol. The molecule has 0 aliphatic heterocycles. The predicted octanol–water partition coefficient (Wildman–Crippen LogP) is 1.72. The molecule has 0 N–H and O–H groups in total. The van der Waals surface area contributed by atoms with Gasteiger partial charge in [0.1, 0.15) is 5.78 Å². The molecule has 1 aromatic carbocycles. The fraction of sp³-hybridized carbons (Fsp3) is 0.417. The lowest BCUT2D eigenvalue weighted by molar-refractivity contribution is -0.385. The van der Waals surface area contributed by atoms with Gasteiger partial charge in [-0.1, -0.05) is 18.2 Å². The number of nitro groups is 1. The topological polar surface area (TPSA) is 78.7 Å². The number of carbonyl (C=O) groups is 1. The first-order chi connectivity index (χ1) is 8.58. The normalized spacial score (nSPS) is 10.6. The molecule has 0 heterocycles. The van der Waals surface area contributed by atoms with Crippen molar-refractivity contribution >= 4 is 11.5 Å². The molecule has 1 aromatic rings. The van der Waals surface area contributed by atoms with Gasteiger partial charge in [-0.25, -0.2) is 0 Å². The third-order valence-electron chi connectivity index (χ3n) is 2.50. The van der Waals surface area contributed by atoms with Crippen LogP contribution in [0, 0.1) is 10.1 Å². The summed E-state index contributed by atoms with van der Waals surface area (Å²) in [5.74, 6) is -0.169. The van der Waals surface area contributed by atoms with Crippen molar-refractivity contribution in [1.82, 2.24) is 0 Å². The van der Waals surface area contributed by atoms with Crippen LogP contribution in [0.4, 0.5) is 5.69 Å². The molecular formula is C12H15NO5. The van der Waals surface area contributed by atoms with Gasteiger partial charge in [0.15, 0.2) is 6.29 Å². The second-order valence-electron chi connectivity index (χ2n) is 3.71. The molecule has 6 nitrogen and oxygen atoms in total. The average Bonchev–Trinajstić information content (AvgIpc) is 2.36. The van der Waals surface area contributed by atoms with Gasteiger partial charge in [0, 0.05) is 32.3 Å². The highest BCUT2D eigenvalue weighted by Gasteiger charge is 2.18. The molecule has 0 unspecified atom stereocenters. The zero-order chi connectivity index (χ0) is 13.5. The highest BCUT2D eigenvalue weighted by Crippen LogP contribution is 2.19. The summed E-state index contributed by atoms with van der Waals surface area (Å²) in [7, 11) is 2.87. The number of rotatable bonds is 7. The van der Waals surface area contributed by atoms with Crippen LogP contribution in [-0.4, -0.2) is 31.2 Å². The van der Waals surface area contributed by atoms with Crippen molar-refractivity contribution < 1.29 is 19.2 Å². The van der Waals surface area contributed by atoms with Crippen LogP contribution in [-0.2, 0) is 20.7 Å². The third kappa shape index (κ3) is 3.90. The summed E-state index contributed by atoms with van der Waals surface area (Å²) in [6.07, 6.45) is -0.542. The first-order valence-electron chi connectivity index (χ1n) is 5.38. The maximum Gasteiger partial charge on any atom is 0.273 e. The molecule has 0 aliphatic rings. The van der Waals surface area contributed by atoms with Crippen LogP contribution in [0.1, 0.15) is 12.0 Å². The molecule has 0 spiro atoms. The van der Waals surface area contributed by atoms with Gasteiger partial charge >= 0.3 is 0 Å². The van der Waals surface area contributed by atoms with Crippen LogP contribution in [0.3, 0.4) is 0 Å². The van der Waals surface area contributed by atoms with Gasteiger partial charge in [0.05, 0.1) is 11.3 Å². The number of hydrogen-bond acceptors (Lipinski definition) is 5. The number of carbonyl (C=O) groups excluding carboxylic acids is 1. The van der Waals surface area contributed by atoms with Crippen molar-refractivity contribution in [2.45, 2.75) is 19.1 Å². The van der Waals surface area contributed by atoms with Gasteiger partial charge in [-0.05, 0) is 0 Å². The Morgan fingerprint density at radius 1 is 1.33 bits per heavy atom. The van der Waals surface area contributed by atoms with E-state index < -0.39 is 11.2 Å². The van der Waals surface area contributed by atoms with Crippen LogP contribution in [0.15, 0.2) is 24.3 Å². The standard InChI is InChI=1S/C12H15NO5/c1-17-12(18-2)8-10(14)7-9-5-3-4-6-11(9)13(15)16/h3-6,12H,7-8H2,1-2H3. The van der Waals surface area contributed by atoms with Crippen LogP contribution in [0.2, 0.25) is 0 Å². The molecule has 0 saturated heterocycles. The molecule has 0 saturated carbocycles. The Kier molecular flexibility index (Phi) is 5.41. The number of benzene rings is 1. The Labute approximate surface area is 105 Å². The fourth-order valence-electron chi connectivity index (χ4n) is 1.57. The summed E-state index contributed by atoms with van der Waals surface area (Å²) >= 11 is 0. The highest BCUT2D eigenvalue weighted by molar-refractivity contribution is 5.82. The van der Waals surface area contributed by atoms with E-state index in [0.29, 0.717) is 5.56 Å². The van der Waals surface area contributed by atoms with E-state index in [0.717, 1.165) is 0 Å². The first kappa shape index (κ1) is 14.3. The van der Waals surface area contributed by atoms with Gasteiger partial charge in [0.2, 0.25) is 0 Å². The number of methoxy groups -OCH3 is 2. The van der Waals surface area contributed by atoms with E-state index in [1.54, 1.807) is 18.2 Å². The lowest BCUT2D eigenvalue weighted by Gasteiger charge is -2.12. The van der Waals surface area contributed by atoms with Gasteiger partial charge in [-0.2, -0.15) is 0 Å². The summed E-state index contributed by atoms with van der Waals surface area (Å²) in [6, 6.07) is 6.19. The summed E-state index contributed by atoms with van der Waals surface area (Å²) in [5, 5.41) is 10.8. The van der Waals surface area contributed by atoms with Gasteiger partial charge < -0.3 is 9.47 Å². The number of para-hydroxylation sites is 1. The van der Waals surface area contributed by atoms with Gasteiger partial charge in [0.25, 0.3) is 5.69 Å². The van der Waals surface area contributed by atoms with Crippen LogP contribution >= 0.6 is 0 Å². The SMILES string of the molecule is COC(CC(=O)Cc1ccccc1[N+](=O)[O-])OC. The Morgan fingerprint density at radius 3 is 2.50 bits per heavy atom. The molecule has 0 atom stereocenters. The summed E-state index contributed by atoms with van der Waals surface area (Å²) in [5.41, 5.74) is 0.357. The molecule has 0 aliphatic carbocycles. The van der Waals surface area contributed by atoms with Gasteiger partial charge in [-0.15, -0.1) is 0 Å². The highest BCUT2D eigenvalue weighted by atomic mass is 16.7. The summed E-state index contributed by atoms with van der Waals surface area (Å²) in [6.45, 7) is 0. The number of nitrogens with zero attached hydrogens (tertiary/aromatic N) is 1. The molecule has 0 fully saturated rings. The minimum atomic E-state index is -0.611. The molecule has 0 aromatic heterocycles. The first-order valence-corrected chi connectivity index (χ1v) is 5.38. The quantitative estimate of drug-likeness (QED) is 0.420. The van der Waals surface area contributed by atoms with Crippen molar-refractivity contribution in [3.63, 3.8) is 0 Å². The molecule has 0 bridgehead atoms. The Bertz CT molecular complexity index is 428. The van der Waals surface area contributed by atoms with Crippen LogP contribution in [0.5, 0.6) is 0 Å². The van der Waals surface area contributed by atoms with Crippen molar-refractivity contribution in [3.05, 3.63) is 39.9 Å². The van der Waals surface area contributed by atoms with Gasteiger partial charge in [-0.3, -0.25) is 14.9 Å². The minimum Gasteiger partial charge on any atom is -0.355 e. The number of ether oxygens (including phenoxy) is 2. The van der Waals surface area contributed by atoms with E-state index in [1.165, 1.54) is 20.3 Å². The third-order valence-corrected chi connectivity index (χ3v) is 2.50. The number of ketones is 1. The minimum absolute atomic E-state index is 0.000370. The molecular weight excluding hydrogens is 238 g/mol. The predicted molar refractivity (Wildman–Crippen MR) is 64.2 cm³/mol. The zero-order valence-electron chi connectivity index (χ0n) is 10.3. The maximum absolute atomic E-state index is 11.7. The molecule has 1 rings (SSSR count). The van der Waals surface area contributed by atoms with Crippen LogP contribution in [0.25, 0.3) is 0 Å². The van der Waals surface area contributed by atoms with E-state index in [2.05, 4.69) is 0 Å². The van der Waals surface area contributed by atoms with E-state index in [9.17, 15) is 14.9 Å².